The highest BCUT2D eigenvalue weighted by atomic mass is 32.2. The SMILES string of the molecule is COc1ccc(-n2nnnc2SC[C@H](O)Cn2c3ccccc3c3ccccc32)cc1. The molecule has 0 bridgehead atoms. The zero-order chi connectivity index (χ0) is 21.2. The van der Waals surface area contributed by atoms with Crippen LogP contribution in [0.1, 0.15) is 0 Å². The van der Waals surface area contributed by atoms with Gasteiger partial charge in [0.05, 0.1) is 25.4 Å². The van der Waals surface area contributed by atoms with Crippen LogP contribution in [0, 0.1) is 0 Å². The van der Waals surface area contributed by atoms with Crippen LogP contribution in [0.15, 0.2) is 78.0 Å². The molecule has 0 unspecified atom stereocenters. The van der Waals surface area contributed by atoms with Gasteiger partial charge in [-0.3, -0.25) is 0 Å². The molecule has 156 valence electrons. The Bertz CT molecular complexity index is 1280. The third-order valence-corrected chi connectivity index (χ3v) is 6.30. The number of nitrogens with zero attached hydrogens (tertiary/aromatic N) is 5. The normalized spacial score (nSPS) is 12.5. The lowest BCUT2D eigenvalue weighted by molar-refractivity contribution is 0.181. The maximum Gasteiger partial charge on any atom is 0.214 e. The highest BCUT2D eigenvalue weighted by Crippen LogP contribution is 2.29. The van der Waals surface area contributed by atoms with E-state index in [0.717, 1.165) is 22.5 Å². The lowest BCUT2D eigenvalue weighted by Gasteiger charge is -2.13. The van der Waals surface area contributed by atoms with E-state index in [4.69, 9.17) is 4.74 Å². The first-order valence-corrected chi connectivity index (χ1v) is 10.9. The third-order valence-electron chi connectivity index (χ3n) is 5.24. The zero-order valence-electron chi connectivity index (χ0n) is 16.9. The van der Waals surface area contributed by atoms with E-state index in [9.17, 15) is 5.11 Å². The van der Waals surface area contributed by atoms with Gasteiger partial charge in [-0.05, 0) is 46.8 Å². The van der Waals surface area contributed by atoms with Crippen molar-refractivity contribution >= 4 is 33.6 Å². The smallest absolute Gasteiger partial charge is 0.214 e. The molecule has 7 nitrogen and oxygen atoms in total. The second-order valence-corrected chi connectivity index (χ2v) is 8.17. The number of aliphatic hydroxyl groups excluding tert-OH is 1. The fourth-order valence-corrected chi connectivity index (χ4v) is 4.59. The van der Waals surface area contributed by atoms with E-state index in [-0.39, 0.29) is 0 Å². The van der Waals surface area contributed by atoms with Crippen LogP contribution in [-0.2, 0) is 6.54 Å². The van der Waals surface area contributed by atoms with Crippen LogP contribution in [0.5, 0.6) is 5.75 Å². The van der Waals surface area contributed by atoms with Gasteiger partial charge >= 0.3 is 0 Å². The van der Waals surface area contributed by atoms with Crippen LogP contribution in [0.3, 0.4) is 0 Å². The van der Waals surface area contributed by atoms with E-state index >= 15 is 0 Å². The van der Waals surface area contributed by atoms with Gasteiger partial charge in [0.1, 0.15) is 5.75 Å². The lowest BCUT2D eigenvalue weighted by atomic mass is 10.2. The van der Waals surface area contributed by atoms with Gasteiger partial charge in [0, 0.05) is 27.6 Å². The van der Waals surface area contributed by atoms with Crippen molar-refractivity contribution in [3.63, 3.8) is 0 Å². The third kappa shape index (κ3) is 3.75. The van der Waals surface area contributed by atoms with E-state index in [1.165, 1.54) is 22.5 Å². The number of hydrogen-bond donors (Lipinski definition) is 1. The van der Waals surface area contributed by atoms with Gasteiger partial charge in [-0.2, -0.15) is 4.68 Å². The summed E-state index contributed by atoms with van der Waals surface area (Å²) in [6.07, 6.45) is -0.565. The summed E-state index contributed by atoms with van der Waals surface area (Å²) in [5.41, 5.74) is 3.08. The van der Waals surface area contributed by atoms with Crippen molar-refractivity contribution < 1.29 is 9.84 Å². The van der Waals surface area contributed by atoms with Crippen LogP contribution < -0.4 is 4.74 Å². The number of aromatic nitrogens is 5. The fraction of sp³-hybridized carbons (Fsp3) is 0.174. The predicted molar refractivity (Wildman–Crippen MR) is 122 cm³/mol. The van der Waals surface area contributed by atoms with Gasteiger partial charge in [0.25, 0.3) is 0 Å². The zero-order valence-corrected chi connectivity index (χ0v) is 17.7. The molecular formula is C23H21N5O2S. The molecule has 2 aromatic heterocycles. The summed E-state index contributed by atoms with van der Waals surface area (Å²) in [7, 11) is 1.63. The molecule has 31 heavy (non-hydrogen) atoms. The van der Waals surface area contributed by atoms with Crippen molar-refractivity contribution in [1.29, 1.82) is 0 Å². The average molecular weight is 432 g/mol. The number of hydrogen-bond acceptors (Lipinski definition) is 6. The summed E-state index contributed by atoms with van der Waals surface area (Å²) < 4.78 is 9.05. The van der Waals surface area contributed by atoms with E-state index in [0.29, 0.717) is 17.5 Å². The number of aliphatic hydroxyl groups is 1. The molecule has 2 heterocycles. The number of methoxy groups -OCH3 is 1. The maximum atomic E-state index is 10.8. The Labute approximate surface area is 183 Å². The minimum atomic E-state index is -0.565. The molecule has 1 N–H and O–H groups in total. The van der Waals surface area contributed by atoms with Crippen molar-refractivity contribution in [2.75, 3.05) is 12.9 Å². The first kappa shape index (κ1) is 19.6. The van der Waals surface area contributed by atoms with Gasteiger partial charge < -0.3 is 14.4 Å². The first-order chi connectivity index (χ1) is 15.2. The molecule has 0 radical (unpaired) electrons. The number of para-hydroxylation sites is 2. The molecular weight excluding hydrogens is 410 g/mol. The van der Waals surface area contributed by atoms with Crippen molar-refractivity contribution in [2.45, 2.75) is 17.8 Å². The van der Waals surface area contributed by atoms with Gasteiger partial charge in [-0.1, -0.05) is 48.2 Å². The van der Waals surface area contributed by atoms with Gasteiger partial charge in [0.2, 0.25) is 5.16 Å². The Morgan fingerprint density at radius 2 is 1.58 bits per heavy atom. The molecule has 0 aliphatic heterocycles. The average Bonchev–Trinajstić information content (AvgIpc) is 3.41. The summed E-state index contributed by atoms with van der Waals surface area (Å²) in [6.45, 7) is 0.491. The Balaban J connectivity index is 1.34. The van der Waals surface area contributed by atoms with Crippen molar-refractivity contribution in [1.82, 2.24) is 24.8 Å². The molecule has 0 amide bonds. The number of ether oxygens (including phenoxy) is 1. The molecule has 1 atom stereocenters. The number of rotatable bonds is 7. The quantitative estimate of drug-likeness (QED) is 0.394. The van der Waals surface area contributed by atoms with Crippen LogP contribution in [0.25, 0.3) is 27.5 Å². The second kappa shape index (κ2) is 8.41. The highest BCUT2D eigenvalue weighted by Gasteiger charge is 2.16. The van der Waals surface area contributed by atoms with Crippen LogP contribution >= 0.6 is 11.8 Å². The summed E-state index contributed by atoms with van der Waals surface area (Å²) in [6, 6.07) is 24.1. The molecule has 0 fully saturated rings. The number of thioether (sulfide) groups is 1. The van der Waals surface area contributed by atoms with Crippen LogP contribution in [0.4, 0.5) is 0 Å². The van der Waals surface area contributed by atoms with Crippen molar-refractivity contribution in [2.24, 2.45) is 0 Å². The summed E-state index contributed by atoms with van der Waals surface area (Å²) in [5, 5.41) is 25.9. The fourth-order valence-electron chi connectivity index (χ4n) is 3.79. The minimum Gasteiger partial charge on any atom is -0.497 e. The Morgan fingerprint density at radius 1 is 0.935 bits per heavy atom. The van der Waals surface area contributed by atoms with E-state index in [1.54, 1.807) is 11.8 Å². The largest absolute Gasteiger partial charge is 0.497 e. The maximum absolute atomic E-state index is 10.8. The standard InChI is InChI=1S/C23H21N5O2S/c1-30-18-12-10-16(11-13-18)28-23(24-25-26-28)31-15-17(29)14-27-21-8-4-2-6-19(21)20-7-3-5-9-22(20)27/h2-13,17,29H,14-15H2,1H3/t17-/m1/s1. The highest BCUT2D eigenvalue weighted by molar-refractivity contribution is 7.99. The summed E-state index contributed by atoms with van der Waals surface area (Å²) in [4.78, 5) is 0. The first-order valence-electron chi connectivity index (χ1n) is 9.94. The molecule has 0 aliphatic carbocycles. The Kier molecular flexibility index (Phi) is 5.31. The number of fused-ring (bicyclic) bond motifs is 3. The molecule has 5 rings (SSSR count). The molecule has 3 aromatic carbocycles. The summed E-state index contributed by atoms with van der Waals surface area (Å²) in [5.74, 6) is 1.24. The molecule has 0 saturated carbocycles. The lowest BCUT2D eigenvalue weighted by Crippen LogP contribution is -2.18. The molecule has 8 heteroatoms. The predicted octanol–water partition coefficient (Wildman–Crippen LogP) is 3.93. The number of benzene rings is 3. The van der Waals surface area contributed by atoms with Gasteiger partial charge in [-0.25, -0.2) is 0 Å². The monoisotopic (exact) mass is 431 g/mol. The second-order valence-electron chi connectivity index (χ2n) is 7.18. The van der Waals surface area contributed by atoms with Crippen LogP contribution in [-0.4, -0.2) is 48.8 Å². The molecule has 0 aliphatic rings. The van der Waals surface area contributed by atoms with Gasteiger partial charge in [-0.15, -0.1) is 5.10 Å². The van der Waals surface area contributed by atoms with Crippen molar-refractivity contribution in [3.8, 4) is 11.4 Å². The Hall–Kier alpha value is -3.36. The van der Waals surface area contributed by atoms with E-state index < -0.39 is 6.10 Å². The topological polar surface area (TPSA) is 78.0 Å². The minimum absolute atomic E-state index is 0.470. The van der Waals surface area contributed by atoms with E-state index in [2.05, 4.69) is 44.4 Å². The molecule has 0 spiro atoms. The summed E-state index contributed by atoms with van der Waals surface area (Å²) >= 11 is 1.43. The van der Waals surface area contributed by atoms with Crippen molar-refractivity contribution in [3.05, 3.63) is 72.8 Å². The van der Waals surface area contributed by atoms with Gasteiger partial charge in [0.15, 0.2) is 0 Å². The molecule has 0 saturated heterocycles. The van der Waals surface area contributed by atoms with Crippen LogP contribution in [0.2, 0.25) is 0 Å². The van der Waals surface area contributed by atoms with E-state index in [1.807, 2.05) is 48.5 Å². The molecule has 5 aromatic rings. The number of tetrazole rings is 1. The Morgan fingerprint density at radius 3 is 2.23 bits per heavy atom.